The fourth-order valence-electron chi connectivity index (χ4n) is 5.03. The Labute approximate surface area is 149 Å². The van der Waals surface area contributed by atoms with Crippen molar-refractivity contribution in [2.45, 2.75) is 113 Å². The molecule has 0 nitrogen and oxygen atoms in total. The Morgan fingerprint density at radius 2 is 0.714 bits per heavy atom. The first kappa shape index (κ1) is 18.7. The third-order valence-corrected chi connectivity index (χ3v) is 10.1. The van der Waals surface area contributed by atoms with Crippen LogP contribution in [0.25, 0.3) is 0 Å². The Morgan fingerprint density at radius 3 is 0.952 bits per heavy atom. The molecule has 21 heavy (non-hydrogen) atoms. The van der Waals surface area contributed by atoms with E-state index in [0.29, 0.717) is 7.92 Å². The van der Waals surface area contributed by atoms with Crippen LogP contribution in [0.1, 0.15) is 96.3 Å². The van der Waals surface area contributed by atoms with E-state index in [1.807, 2.05) is 0 Å². The predicted molar refractivity (Wildman–Crippen MR) is 93.4 cm³/mol. The molecule has 3 fully saturated rings. The van der Waals surface area contributed by atoms with E-state index in [1.54, 1.807) is 95.8 Å². The molecule has 0 atom stereocenters. The van der Waals surface area contributed by atoms with E-state index in [4.69, 9.17) is 0 Å². The monoisotopic (exact) mass is 510 g/mol. The Morgan fingerprint density at radius 1 is 0.476 bits per heavy atom. The number of rotatable bonds is 3. The van der Waals surface area contributed by atoms with Crippen molar-refractivity contribution in [1.82, 2.24) is 0 Å². The van der Waals surface area contributed by atoms with Crippen LogP contribution in [0.5, 0.6) is 0 Å². The fourth-order valence-corrected chi connectivity index (χ4v) is 9.71. The quantitative estimate of drug-likeness (QED) is 0.354. The van der Waals surface area contributed by atoms with Gasteiger partial charge in [-0.25, -0.2) is 0 Å². The molecular weight excluding hydrogens is 478 g/mol. The summed E-state index contributed by atoms with van der Waals surface area (Å²) in [6, 6.07) is 0. The molecule has 0 N–H and O–H groups in total. The van der Waals surface area contributed by atoms with E-state index >= 15 is 0 Å². The van der Waals surface area contributed by atoms with Gasteiger partial charge in [-0.1, -0.05) is 65.7 Å². The summed E-state index contributed by atoms with van der Waals surface area (Å²) in [5.74, 6) is 0. The maximum atomic E-state index is 4.61. The molecule has 0 bridgehead atoms. The molecule has 3 saturated carbocycles. The standard InChI is InChI=1S/C18H33P.ClH.Pt/c1-4-10-16(11-5-1)19(17-12-6-2-7-13-17)18-14-8-3-9-15-18;;/h16-18H,1-15H2;1H;/q;;+1/p-1. The van der Waals surface area contributed by atoms with Crippen LogP contribution >= 0.6 is 17.3 Å². The molecule has 127 valence electrons. The van der Waals surface area contributed by atoms with Crippen molar-refractivity contribution in [3.8, 4) is 0 Å². The summed E-state index contributed by atoms with van der Waals surface area (Å²) in [7, 11) is 5.00. The van der Waals surface area contributed by atoms with E-state index in [0.717, 1.165) is 0 Å². The van der Waals surface area contributed by atoms with Crippen molar-refractivity contribution in [3.05, 3.63) is 0 Å². The first-order valence-electron chi connectivity index (χ1n) is 9.34. The van der Waals surface area contributed by atoms with Crippen LogP contribution in [0, 0.1) is 0 Å². The first-order valence-corrected chi connectivity index (χ1v) is 13.7. The van der Waals surface area contributed by atoms with E-state index in [1.165, 1.54) is 36.2 Å². The zero-order valence-electron chi connectivity index (χ0n) is 13.5. The van der Waals surface area contributed by atoms with Crippen LogP contribution in [-0.2, 0) is 18.8 Å². The molecule has 0 aliphatic heterocycles. The van der Waals surface area contributed by atoms with Crippen LogP contribution in [0.3, 0.4) is 0 Å². The Hall–Kier alpha value is 1.41. The molecule has 3 aliphatic rings. The summed E-state index contributed by atoms with van der Waals surface area (Å²) in [4.78, 5) is 0. The number of hydrogen-bond donors (Lipinski definition) is 0. The number of hydrogen-bond acceptors (Lipinski definition) is 0. The molecule has 0 aromatic carbocycles. The molecule has 0 unspecified atom stereocenters. The fraction of sp³-hybridized carbons (Fsp3) is 1.00. The third kappa shape index (κ3) is 5.76. The van der Waals surface area contributed by atoms with Crippen molar-refractivity contribution in [1.29, 1.82) is 0 Å². The van der Waals surface area contributed by atoms with Crippen molar-refractivity contribution < 1.29 is 18.8 Å². The second kappa shape index (κ2) is 11.0. The summed E-state index contributed by atoms with van der Waals surface area (Å²) in [5.41, 5.74) is 3.57. The second-order valence-corrected chi connectivity index (χ2v) is 10.4. The van der Waals surface area contributed by atoms with Crippen LogP contribution in [0.2, 0.25) is 0 Å². The van der Waals surface area contributed by atoms with Crippen LogP contribution in [0.15, 0.2) is 0 Å². The van der Waals surface area contributed by atoms with Gasteiger partial charge in [0, 0.05) is 0 Å². The van der Waals surface area contributed by atoms with Crippen molar-refractivity contribution in [2.24, 2.45) is 0 Å². The van der Waals surface area contributed by atoms with Gasteiger partial charge in [0.1, 0.15) is 0 Å². The maximum absolute atomic E-state index is 4.61. The van der Waals surface area contributed by atoms with Crippen LogP contribution < -0.4 is 0 Å². The van der Waals surface area contributed by atoms with Gasteiger partial charge < -0.3 is 0 Å². The van der Waals surface area contributed by atoms with E-state index in [2.05, 4.69) is 9.42 Å². The molecule has 0 radical (unpaired) electrons. The van der Waals surface area contributed by atoms with Crippen molar-refractivity contribution in [3.63, 3.8) is 0 Å². The summed E-state index contributed by atoms with van der Waals surface area (Å²) in [6.45, 7) is 0. The molecular formula is C18H33ClPPt. The average molecular weight is 511 g/mol. The Balaban J connectivity index is 0.000000774. The topological polar surface area (TPSA) is 0 Å². The Kier molecular flexibility index (Phi) is 9.86. The average Bonchev–Trinajstić information content (AvgIpc) is 2.60. The molecule has 0 saturated heterocycles. The molecule has 0 spiro atoms. The third-order valence-electron chi connectivity index (χ3n) is 5.99. The van der Waals surface area contributed by atoms with Gasteiger partial charge in [-0.2, -0.15) is 0 Å². The molecule has 0 aromatic rings. The zero-order chi connectivity index (χ0) is 14.9. The van der Waals surface area contributed by atoms with Gasteiger partial charge in [-0.3, -0.25) is 0 Å². The van der Waals surface area contributed by atoms with Gasteiger partial charge >= 0.3 is 28.2 Å². The zero-order valence-corrected chi connectivity index (χ0v) is 17.4. The van der Waals surface area contributed by atoms with E-state index < -0.39 is 0 Å². The first-order chi connectivity index (χ1) is 10.4. The van der Waals surface area contributed by atoms with Gasteiger partial charge in [0.15, 0.2) is 0 Å². The van der Waals surface area contributed by atoms with E-state index in [-0.39, 0.29) is 0 Å². The minimum absolute atomic E-state index is 0.385. The predicted octanol–water partition coefficient (Wildman–Crippen LogP) is 7.15. The second-order valence-electron chi connectivity index (χ2n) is 7.32. The number of halogens is 1. The van der Waals surface area contributed by atoms with Gasteiger partial charge in [0.2, 0.25) is 0 Å². The summed E-state index contributed by atoms with van der Waals surface area (Å²) in [6.07, 6.45) is 23.6. The summed E-state index contributed by atoms with van der Waals surface area (Å²) >= 11 is 1.61. The van der Waals surface area contributed by atoms with Gasteiger partial charge in [0.05, 0.1) is 0 Å². The van der Waals surface area contributed by atoms with Gasteiger partial charge in [0.25, 0.3) is 0 Å². The van der Waals surface area contributed by atoms with Gasteiger partial charge in [-0.05, 0) is 55.5 Å². The summed E-state index contributed by atoms with van der Waals surface area (Å²) in [5, 5.41) is 0. The molecule has 0 aromatic heterocycles. The van der Waals surface area contributed by atoms with Crippen LogP contribution in [0.4, 0.5) is 0 Å². The van der Waals surface area contributed by atoms with Gasteiger partial charge in [-0.15, -0.1) is 0 Å². The SMILES string of the molecule is C1CCC(P(C2CCCCC2)C2CCCCC2)CC1.[Cl][Pt]. The Bertz CT molecular complexity index is 213. The molecule has 3 rings (SSSR count). The summed E-state index contributed by atoms with van der Waals surface area (Å²) < 4.78 is 0. The van der Waals surface area contributed by atoms with Crippen LogP contribution in [-0.4, -0.2) is 17.0 Å². The minimum atomic E-state index is 0.385. The normalized spacial score (nSPS) is 26.5. The van der Waals surface area contributed by atoms with Crippen molar-refractivity contribution in [2.75, 3.05) is 0 Å². The molecule has 3 aliphatic carbocycles. The van der Waals surface area contributed by atoms with E-state index in [9.17, 15) is 0 Å². The van der Waals surface area contributed by atoms with Crippen molar-refractivity contribution >= 4 is 17.3 Å². The molecule has 0 heterocycles. The molecule has 3 heteroatoms. The molecule has 0 amide bonds.